The SMILES string of the molecule is Cc1cc(CCNc2ccc(Cl)nc2N2CCC(O)CC2)c2c(c1)c(=O)n1c3c2cnn3CCC1. The lowest BCUT2D eigenvalue weighted by atomic mass is 9.98. The quantitative estimate of drug-likeness (QED) is 0.413. The molecule has 2 aliphatic heterocycles. The Morgan fingerprint density at radius 2 is 1.97 bits per heavy atom. The minimum atomic E-state index is -0.248. The van der Waals surface area contributed by atoms with Gasteiger partial charge in [0.1, 0.15) is 10.8 Å². The van der Waals surface area contributed by atoms with E-state index in [9.17, 15) is 9.90 Å². The number of aliphatic hydroxyl groups is 1. The van der Waals surface area contributed by atoms with Crippen LogP contribution in [0.25, 0.3) is 21.8 Å². The average Bonchev–Trinajstić information content (AvgIpc) is 3.28. The molecule has 0 atom stereocenters. The first-order chi connectivity index (χ1) is 17.0. The summed E-state index contributed by atoms with van der Waals surface area (Å²) in [5.74, 6) is 0.826. The van der Waals surface area contributed by atoms with E-state index >= 15 is 0 Å². The molecule has 0 saturated carbocycles. The zero-order valence-corrected chi connectivity index (χ0v) is 20.6. The molecular weight excluding hydrogens is 464 g/mol. The Morgan fingerprint density at radius 1 is 1.14 bits per heavy atom. The van der Waals surface area contributed by atoms with Crippen LogP contribution in [0.2, 0.25) is 5.15 Å². The molecule has 8 nitrogen and oxygen atoms in total. The van der Waals surface area contributed by atoms with Gasteiger partial charge in [0.05, 0.1) is 18.0 Å². The van der Waals surface area contributed by atoms with E-state index in [1.165, 1.54) is 0 Å². The number of nitrogens with zero attached hydrogens (tertiary/aromatic N) is 5. The van der Waals surface area contributed by atoms with Gasteiger partial charge in [0.2, 0.25) is 0 Å². The van der Waals surface area contributed by atoms with Gasteiger partial charge in [-0.2, -0.15) is 5.10 Å². The fraction of sp³-hybridized carbons (Fsp3) is 0.423. The first-order valence-electron chi connectivity index (χ1n) is 12.3. The predicted octanol–water partition coefficient (Wildman–Crippen LogP) is 3.73. The number of benzene rings is 1. The first kappa shape index (κ1) is 22.4. The monoisotopic (exact) mass is 492 g/mol. The molecular formula is C26H29ClN6O2. The van der Waals surface area contributed by atoms with Gasteiger partial charge < -0.3 is 15.3 Å². The molecule has 9 heteroatoms. The molecule has 0 aliphatic carbocycles. The number of rotatable bonds is 5. The number of pyridine rings is 2. The number of hydrogen-bond donors (Lipinski definition) is 2. The van der Waals surface area contributed by atoms with Crippen LogP contribution in [0, 0.1) is 6.92 Å². The summed E-state index contributed by atoms with van der Waals surface area (Å²) in [6.07, 6.45) is 4.79. The number of aliphatic hydroxyl groups excluding tert-OH is 1. The maximum Gasteiger partial charge on any atom is 0.260 e. The van der Waals surface area contributed by atoms with E-state index in [-0.39, 0.29) is 11.7 Å². The molecule has 6 rings (SSSR count). The van der Waals surface area contributed by atoms with Crippen molar-refractivity contribution in [3.8, 4) is 0 Å². The first-order valence-corrected chi connectivity index (χ1v) is 12.7. The summed E-state index contributed by atoms with van der Waals surface area (Å²) in [7, 11) is 0. The molecule has 1 saturated heterocycles. The largest absolute Gasteiger partial charge is 0.393 e. The molecule has 3 aromatic heterocycles. The molecule has 0 radical (unpaired) electrons. The van der Waals surface area contributed by atoms with Crippen molar-refractivity contribution in [2.24, 2.45) is 0 Å². The molecule has 0 bridgehead atoms. The Morgan fingerprint density at radius 3 is 2.80 bits per heavy atom. The normalized spacial score (nSPS) is 16.4. The van der Waals surface area contributed by atoms with Crippen LogP contribution >= 0.6 is 11.6 Å². The van der Waals surface area contributed by atoms with E-state index in [0.29, 0.717) is 11.7 Å². The van der Waals surface area contributed by atoms with E-state index in [1.807, 2.05) is 34.5 Å². The van der Waals surface area contributed by atoms with Crippen LogP contribution in [0.3, 0.4) is 0 Å². The Hall–Kier alpha value is -3.10. The second-order valence-electron chi connectivity index (χ2n) is 9.66. The van der Waals surface area contributed by atoms with Crippen molar-refractivity contribution >= 4 is 44.9 Å². The third kappa shape index (κ3) is 3.94. The molecule has 182 valence electrons. The van der Waals surface area contributed by atoms with Crippen LogP contribution in [0.1, 0.15) is 30.4 Å². The highest BCUT2D eigenvalue weighted by atomic mass is 35.5. The van der Waals surface area contributed by atoms with E-state index in [4.69, 9.17) is 11.6 Å². The topological polar surface area (TPSA) is 88.2 Å². The number of fused-ring (bicyclic) bond motifs is 2. The van der Waals surface area contributed by atoms with Gasteiger partial charge in [0.25, 0.3) is 5.56 Å². The van der Waals surface area contributed by atoms with Crippen LogP contribution in [-0.2, 0) is 19.5 Å². The van der Waals surface area contributed by atoms with Gasteiger partial charge >= 0.3 is 0 Å². The summed E-state index contributed by atoms with van der Waals surface area (Å²) in [5.41, 5.74) is 4.16. The van der Waals surface area contributed by atoms with Crippen LogP contribution in [0.5, 0.6) is 0 Å². The second-order valence-corrected chi connectivity index (χ2v) is 10.0. The van der Waals surface area contributed by atoms with Gasteiger partial charge in [0.15, 0.2) is 5.82 Å². The number of piperidine rings is 1. The molecule has 5 heterocycles. The average molecular weight is 493 g/mol. The summed E-state index contributed by atoms with van der Waals surface area (Å²) >= 11 is 6.22. The van der Waals surface area contributed by atoms with Crippen molar-refractivity contribution in [1.29, 1.82) is 0 Å². The van der Waals surface area contributed by atoms with Crippen molar-refractivity contribution < 1.29 is 5.11 Å². The van der Waals surface area contributed by atoms with Crippen molar-refractivity contribution in [1.82, 2.24) is 19.3 Å². The van der Waals surface area contributed by atoms with Gasteiger partial charge in [-0.25, -0.2) is 9.67 Å². The van der Waals surface area contributed by atoms with E-state index in [0.717, 1.165) is 96.3 Å². The van der Waals surface area contributed by atoms with Crippen molar-refractivity contribution in [3.05, 3.63) is 57.1 Å². The number of hydrogen-bond acceptors (Lipinski definition) is 6. The van der Waals surface area contributed by atoms with Crippen LogP contribution in [0.4, 0.5) is 11.5 Å². The smallest absolute Gasteiger partial charge is 0.260 e. The molecule has 0 spiro atoms. The summed E-state index contributed by atoms with van der Waals surface area (Å²) < 4.78 is 3.85. The summed E-state index contributed by atoms with van der Waals surface area (Å²) in [4.78, 5) is 20.2. The zero-order chi connectivity index (χ0) is 24.1. The fourth-order valence-electron chi connectivity index (χ4n) is 5.59. The predicted molar refractivity (Wildman–Crippen MR) is 140 cm³/mol. The molecule has 4 aromatic rings. The highest BCUT2D eigenvalue weighted by Crippen LogP contribution is 2.31. The minimum absolute atomic E-state index is 0.0725. The molecule has 2 N–H and O–H groups in total. The number of halogens is 1. The van der Waals surface area contributed by atoms with Gasteiger partial charge in [-0.3, -0.25) is 9.36 Å². The maximum absolute atomic E-state index is 13.4. The van der Waals surface area contributed by atoms with E-state index in [1.54, 1.807) is 6.07 Å². The number of nitrogens with one attached hydrogen (secondary N) is 1. The van der Waals surface area contributed by atoms with Gasteiger partial charge in [-0.05, 0) is 56.4 Å². The number of aryl methyl sites for hydroxylation is 3. The van der Waals surface area contributed by atoms with Crippen LogP contribution in [0.15, 0.2) is 35.3 Å². The Labute approximate surface area is 208 Å². The summed E-state index contributed by atoms with van der Waals surface area (Å²) in [5, 5.41) is 21.3. The standard InChI is InChI=1S/C26H29ClN6O2/c1-16-13-17(23-19(14-16)26(35)32-9-2-10-33-25(32)20(23)15-29-33)5-8-28-21-3-4-22(27)30-24(21)31-11-6-18(34)7-12-31/h3-4,13-15,18,28,34H,2,5-12H2,1H3. The molecule has 1 fully saturated rings. The third-order valence-electron chi connectivity index (χ3n) is 7.24. The number of aromatic nitrogens is 4. The Balaban J connectivity index is 1.33. The lowest BCUT2D eigenvalue weighted by Gasteiger charge is -2.32. The molecule has 2 aliphatic rings. The highest BCUT2D eigenvalue weighted by Gasteiger charge is 2.22. The Kier molecular flexibility index (Phi) is 5.65. The van der Waals surface area contributed by atoms with Crippen molar-refractivity contribution in [2.45, 2.75) is 51.8 Å². The van der Waals surface area contributed by atoms with Crippen LogP contribution in [-0.4, -0.2) is 50.2 Å². The van der Waals surface area contributed by atoms with E-state index < -0.39 is 0 Å². The lowest BCUT2D eigenvalue weighted by Crippen LogP contribution is -2.36. The lowest BCUT2D eigenvalue weighted by molar-refractivity contribution is 0.145. The zero-order valence-electron chi connectivity index (χ0n) is 19.8. The van der Waals surface area contributed by atoms with Crippen molar-refractivity contribution in [3.63, 3.8) is 0 Å². The van der Waals surface area contributed by atoms with Gasteiger partial charge in [0, 0.05) is 48.9 Å². The molecule has 0 amide bonds. The summed E-state index contributed by atoms with van der Waals surface area (Å²) in [6.45, 7) is 5.81. The highest BCUT2D eigenvalue weighted by molar-refractivity contribution is 6.29. The Bertz CT molecular complexity index is 1490. The molecule has 1 aromatic carbocycles. The number of anilines is 2. The van der Waals surface area contributed by atoms with E-state index in [2.05, 4.69) is 26.4 Å². The summed E-state index contributed by atoms with van der Waals surface area (Å²) in [6, 6.07) is 7.96. The molecule has 0 unspecified atom stereocenters. The van der Waals surface area contributed by atoms with Crippen LogP contribution < -0.4 is 15.8 Å². The maximum atomic E-state index is 13.4. The van der Waals surface area contributed by atoms with Gasteiger partial charge in [-0.15, -0.1) is 0 Å². The minimum Gasteiger partial charge on any atom is -0.393 e. The third-order valence-corrected chi connectivity index (χ3v) is 7.45. The molecule has 35 heavy (non-hydrogen) atoms. The second kappa shape index (κ2) is 8.84. The van der Waals surface area contributed by atoms with Gasteiger partial charge in [-0.1, -0.05) is 23.2 Å². The fourth-order valence-corrected chi connectivity index (χ4v) is 5.73. The van der Waals surface area contributed by atoms with Crippen molar-refractivity contribution in [2.75, 3.05) is 29.9 Å².